The molecule has 84 valence electrons. The molecule has 15 heavy (non-hydrogen) atoms. The van der Waals surface area contributed by atoms with Gasteiger partial charge in [-0.3, -0.25) is 0 Å². The number of hydrogen-bond acceptors (Lipinski definition) is 4. The molecule has 1 aliphatic rings. The average Bonchev–Trinajstić information content (AvgIpc) is 2.84. The molecule has 1 atom stereocenters. The topological polar surface area (TPSA) is 28.2 Å². The number of likely N-dealkylation sites (tertiary alicyclic amines) is 1. The number of aryl methyl sites for hydroxylation is 1. The highest BCUT2D eigenvalue weighted by atomic mass is 32.1. The number of nitrogens with one attached hydrogen (secondary N) is 1. The summed E-state index contributed by atoms with van der Waals surface area (Å²) in [4.78, 5) is 6.94. The van der Waals surface area contributed by atoms with E-state index >= 15 is 0 Å². The molecule has 1 aliphatic heterocycles. The van der Waals surface area contributed by atoms with E-state index in [2.05, 4.69) is 34.6 Å². The summed E-state index contributed by atoms with van der Waals surface area (Å²) < 4.78 is 0. The minimum Gasteiger partial charge on any atom is -0.360 e. The Labute approximate surface area is 95.5 Å². The van der Waals surface area contributed by atoms with E-state index in [0.29, 0.717) is 6.04 Å². The molecule has 1 aromatic rings. The molecule has 1 saturated heterocycles. The maximum Gasteiger partial charge on any atom is 0.182 e. The lowest BCUT2D eigenvalue weighted by Gasteiger charge is -2.19. The van der Waals surface area contributed by atoms with Crippen LogP contribution in [0.15, 0.2) is 5.38 Å². The monoisotopic (exact) mass is 225 g/mol. The van der Waals surface area contributed by atoms with E-state index in [1.807, 2.05) is 0 Å². The van der Waals surface area contributed by atoms with Gasteiger partial charge in [0.2, 0.25) is 0 Å². The fourth-order valence-corrected chi connectivity index (χ4v) is 2.80. The van der Waals surface area contributed by atoms with Gasteiger partial charge in [-0.15, -0.1) is 11.3 Å². The molecule has 1 aromatic heterocycles. The number of likely N-dealkylation sites (N-methyl/N-ethyl adjacent to an activating group) is 1. The van der Waals surface area contributed by atoms with Crippen molar-refractivity contribution in [1.82, 2.24) is 9.88 Å². The maximum absolute atomic E-state index is 4.50. The summed E-state index contributed by atoms with van der Waals surface area (Å²) in [5.74, 6) is 0. The average molecular weight is 225 g/mol. The first-order chi connectivity index (χ1) is 7.29. The summed E-state index contributed by atoms with van der Waals surface area (Å²) in [7, 11) is 2.21. The van der Waals surface area contributed by atoms with Gasteiger partial charge in [-0.25, -0.2) is 4.98 Å². The molecule has 2 heterocycles. The van der Waals surface area contributed by atoms with Crippen molar-refractivity contribution in [3.8, 4) is 0 Å². The second kappa shape index (κ2) is 4.94. The first kappa shape index (κ1) is 10.9. The van der Waals surface area contributed by atoms with Crippen LogP contribution in [0.25, 0.3) is 0 Å². The lowest BCUT2D eigenvalue weighted by Crippen LogP contribution is -2.31. The molecule has 0 radical (unpaired) electrons. The van der Waals surface area contributed by atoms with Gasteiger partial charge in [-0.1, -0.05) is 6.92 Å². The molecule has 2 rings (SSSR count). The normalized spacial score (nSPS) is 22.1. The first-order valence-corrected chi connectivity index (χ1v) is 6.56. The Hall–Kier alpha value is -0.610. The minimum absolute atomic E-state index is 0.693. The molecule has 0 bridgehead atoms. The van der Waals surface area contributed by atoms with Gasteiger partial charge in [0.25, 0.3) is 0 Å². The predicted octanol–water partition coefficient (Wildman–Crippen LogP) is 2.21. The molecule has 3 nitrogen and oxygen atoms in total. The van der Waals surface area contributed by atoms with Crippen molar-refractivity contribution in [2.24, 2.45) is 0 Å². The molecular formula is C11H19N3S. The summed E-state index contributed by atoms with van der Waals surface area (Å²) in [5.41, 5.74) is 1.20. The van der Waals surface area contributed by atoms with Gasteiger partial charge >= 0.3 is 0 Å². The van der Waals surface area contributed by atoms with E-state index in [4.69, 9.17) is 0 Å². The quantitative estimate of drug-likeness (QED) is 0.851. The Balaban J connectivity index is 1.82. The lowest BCUT2D eigenvalue weighted by molar-refractivity contribution is 0.322. The zero-order chi connectivity index (χ0) is 10.7. The van der Waals surface area contributed by atoms with Crippen LogP contribution < -0.4 is 5.32 Å². The van der Waals surface area contributed by atoms with Crippen molar-refractivity contribution in [3.05, 3.63) is 11.1 Å². The Kier molecular flexibility index (Phi) is 3.59. The van der Waals surface area contributed by atoms with E-state index in [1.165, 1.54) is 25.1 Å². The highest BCUT2D eigenvalue weighted by molar-refractivity contribution is 7.13. The van der Waals surface area contributed by atoms with Crippen LogP contribution in [0.2, 0.25) is 0 Å². The Bertz CT molecular complexity index is 311. The highest BCUT2D eigenvalue weighted by Gasteiger charge is 2.20. The Morgan fingerprint density at radius 1 is 1.67 bits per heavy atom. The van der Waals surface area contributed by atoms with Crippen LogP contribution in [0.5, 0.6) is 0 Å². The number of aromatic nitrogens is 1. The first-order valence-electron chi connectivity index (χ1n) is 5.68. The fraction of sp³-hybridized carbons (Fsp3) is 0.727. The van der Waals surface area contributed by atoms with Crippen LogP contribution >= 0.6 is 11.3 Å². The summed E-state index contributed by atoms with van der Waals surface area (Å²) in [6, 6.07) is 0.693. The second-order valence-corrected chi connectivity index (χ2v) is 5.01. The van der Waals surface area contributed by atoms with Crippen LogP contribution in [0, 0.1) is 0 Å². The predicted molar refractivity (Wildman–Crippen MR) is 65.6 cm³/mol. The molecule has 1 fully saturated rings. The molecule has 0 aromatic carbocycles. The molecule has 1 unspecified atom stereocenters. The third kappa shape index (κ3) is 2.69. The lowest BCUT2D eigenvalue weighted by atomic mass is 10.2. The van der Waals surface area contributed by atoms with Gasteiger partial charge in [-0.05, 0) is 32.9 Å². The molecule has 0 amide bonds. The Morgan fingerprint density at radius 3 is 3.13 bits per heavy atom. The molecule has 0 spiro atoms. The van der Waals surface area contributed by atoms with Crippen molar-refractivity contribution in [3.63, 3.8) is 0 Å². The summed E-state index contributed by atoms with van der Waals surface area (Å²) >= 11 is 1.72. The summed E-state index contributed by atoms with van der Waals surface area (Å²) in [5, 5.41) is 6.65. The number of nitrogens with zero attached hydrogens (tertiary/aromatic N) is 2. The van der Waals surface area contributed by atoms with Crippen molar-refractivity contribution < 1.29 is 0 Å². The van der Waals surface area contributed by atoms with Crippen LogP contribution in [-0.2, 0) is 6.42 Å². The fourth-order valence-electron chi connectivity index (χ4n) is 1.99. The highest BCUT2D eigenvalue weighted by Crippen LogP contribution is 2.18. The van der Waals surface area contributed by atoms with Crippen LogP contribution in [0.1, 0.15) is 25.5 Å². The molecule has 0 aliphatic carbocycles. The molecule has 4 heteroatoms. The smallest absolute Gasteiger partial charge is 0.182 e. The van der Waals surface area contributed by atoms with E-state index < -0.39 is 0 Å². The zero-order valence-corrected chi connectivity index (χ0v) is 10.3. The minimum atomic E-state index is 0.693. The van der Waals surface area contributed by atoms with Crippen molar-refractivity contribution in [1.29, 1.82) is 0 Å². The van der Waals surface area contributed by atoms with Crippen LogP contribution in [-0.4, -0.2) is 36.1 Å². The number of thiazole rings is 1. The van der Waals surface area contributed by atoms with E-state index in [0.717, 1.165) is 18.1 Å². The molecular weight excluding hydrogens is 206 g/mol. The van der Waals surface area contributed by atoms with E-state index in [-0.39, 0.29) is 0 Å². The third-order valence-corrected chi connectivity index (χ3v) is 3.92. The van der Waals surface area contributed by atoms with Gasteiger partial charge in [0.15, 0.2) is 5.13 Å². The maximum atomic E-state index is 4.50. The zero-order valence-electron chi connectivity index (χ0n) is 9.49. The van der Waals surface area contributed by atoms with E-state index in [9.17, 15) is 0 Å². The van der Waals surface area contributed by atoms with Gasteiger partial charge in [0.05, 0.1) is 5.69 Å². The second-order valence-electron chi connectivity index (χ2n) is 4.16. The largest absolute Gasteiger partial charge is 0.360 e. The number of hydrogen-bond donors (Lipinski definition) is 1. The van der Waals surface area contributed by atoms with Crippen molar-refractivity contribution in [2.75, 3.05) is 25.5 Å². The number of rotatable bonds is 4. The van der Waals surface area contributed by atoms with Crippen molar-refractivity contribution >= 4 is 16.5 Å². The summed E-state index contributed by atoms with van der Waals surface area (Å²) in [6.45, 7) is 4.42. The van der Waals surface area contributed by atoms with Gasteiger partial charge in [0.1, 0.15) is 0 Å². The standard InChI is InChI=1S/C11H19N3S/c1-3-9-8-15-11(13-9)12-7-10-5-4-6-14(10)2/h8,10H,3-7H2,1-2H3,(H,12,13). The van der Waals surface area contributed by atoms with Gasteiger partial charge in [0, 0.05) is 18.0 Å². The molecule has 0 saturated carbocycles. The van der Waals surface area contributed by atoms with Crippen molar-refractivity contribution in [2.45, 2.75) is 32.2 Å². The summed E-state index contributed by atoms with van der Waals surface area (Å²) in [6.07, 6.45) is 3.68. The third-order valence-electron chi connectivity index (χ3n) is 3.07. The number of anilines is 1. The Morgan fingerprint density at radius 2 is 2.53 bits per heavy atom. The SMILES string of the molecule is CCc1csc(NCC2CCCN2C)n1. The molecule has 1 N–H and O–H groups in total. The van der Waals surface area contributed by atoms with Gasteiger partial charge in [-0.2, -0.15) is 0 Å². The van der Waals surface area contributed by atoms with Gasteiger partial charge < -0.3 is 10.2 Å². The van der Waals surface area contributed by atoms with E-state index in [1.54, 1.807) is 11.3 Å². The van der Waals surface area contributed by atoms with Crippen LogP contribution in [0.4, 0.5) is 5.13 Å². The van der Waals surface area contributed by atoms with Crippen LogP contribution in [0.3, 0.4) is 0 Å².